The fourth-order valence-electron chi connectivity index (χ4n) is 3.20. The van der Waals surface area contributed by atoms with Crippen molar-refractivity contribution in [2.24, 2.45) is 5.18 Å². The molecule has 1 aromatic heterocycles. The minimum atomic E-state index is -0.964. The number of carbonyl (C=O) groups is 1. The summed E-state index contributed by atoms with van der Waals surface area (Å²) in [5.74, 6) is -0.0215. The zero-order valence-corrected chi connectivity index (χ0v) is 15.5. The summed E-state index contributed by atoms with van der Waals surface area (Å²) < 4.78 is 1.01. The van der Waals surface area contributed by atoms with Crippen molar-refractivity contribution in [3.63, 3.8) is 0 Å². The Balaban J connectivity index is 1.81. The molecule has 0 N–H and O–H groups in total. The third kappa shape index (κ3) is 2.94. The van der Waals surface area contributed by atoms with Gasteiger partial charge in [-0.3, -0.25) is 9.36 Å². The number of thioether (sulfide) groups is 1. The number of aromatic nitrogens is 2. The number of fused-ring (bicyclic) bond motifs is 1. The van der Waals surface area contributed by atoms with Crippen molar-refractivity contribution in [1.82, 2.24) is 9.55 Å². The SMILES string of the molecule is CC(C)(Sc1nccn1-c1ccc(C2CC2)c2ccccc12)C(=O)N=O. The van der Waals surface area contributed by atoms with Gasteiger partial charge in [0.05, 0.1) is 5.69 Å². The summed E-state index contributed by atoms with van der Waals surface area (Å²) in [6, 6.07) is 12.7. The van der Waals surface area contributed by atoms with Gasteiger partial charge in [-0.1, -0.05) is 42.1 Å². The van der Waals surface area contributed by atoms with Crippen LogP contribution in [0.4, 0.5) is 0 Å². The molecule has 0 unspecified atom stereocenters. The van der Waals surface area contributed by atoms with Gasteiger partial charge in [-0.25, -0.2) is 4.98 Å². The molecule has 5 nitrogen and oxygen atoms in total. The summed E-state index contributed by atoms with van der Waals surface area (Å²) in [7, 11) is 0. The average Bonchev–Trinajstić information content (AvgIpc) is 3.39. The zero-order chi connectivity index (χ0) is 18.3. The van der Waals surface area contributed by atoms with E-state index in [0.717, 1.165) is 11.1 Å². The molecule has 0 atom stereocenters. The number of nitrogens with zero attached hydrogens (tertiary/aromatic N) is 3. The van der Waals surface area contributed by atoms with Crippen LogP contribution in [0.1, 0.15) is 38.2 Å². The summed E-state index contributed by atoms with van der Waals surface area (Å²) in [5.41, 5.74) is 2.42. The van der Waals surface area contributed by atoms with Gasteiger partial charge in [-0.2, -0.15) is 0 Å². The van der Waals surface area contributed by atoms with Gasteiger partial charge in [-0.15, -0.1) is 4.91 Å². The van der Waals surface area contributed by atoms with Crippen LogP contribution in [0.25, 0.3) is 16.5 Å². The third-order valence-corrected chi connectivity index (χ3v) is 5.93. The zero-order valence-electron chi connectivity index (χ0n) is 14.7. The predicted molar refractivity (Wildman–Crippen MR) is 104 cm³/mol. The Morgan fingerprint density at radius 3 is 2.62 bits per heavy atom. The van der Waals surface area contributed by atoms with Crippen molar-refractivity contribution in [2.75, 3.05) is 0 Å². The second kappa shape index (κ2) is 6.36. The molecular formula is C20H19N3O2S. The van der Waals surface area contributed by atoms with E-state index in [1.165, 1.54) is 35.6 Å². The van der Waals surface area contributed by atoms with Gasteiger partial charge >= 0.3 is 5.91 Å². The molecule has 0 aliphatic heterocycles. The van der Waals surface area contributed by atoms with Crippen LogP contribution < -0.4 is 0 Å². The molecule has 0 radical (unpaired) electrons. The molecule has 0 saturated heterocycles. The van der Waals surface area contributed by atoms with Gasteiger partial charge in [0.1, 0.15) is 4.75 Å². The van der Waals surface area contributed by atoms with E-state index in [1.807, 2.05) is 16.8 Å². The predicted octanol–water partition coefficient (Wildman–Crippen LogP) is 5.07. The number of rotatable bonds is 5. The Morgan fingerprint density at radius 2 is 1.92 bits per heavy atom. The summed E-state index contributed by atoms with van der Waals surface area (Å²) >= 11 is 1.25. The van der Waals surface area contributed by atoms with E-state index in [0.29, 0.717) is 11.1 Å². The molecule has 1 heterocycles. The van der Waals surface area contributed by atoms with Crippen molar-refractivity contribution in [3.05, 3.63) is 59.3 Å². The highest BCUT2D eigenvalue weighted by Gasteiger charge is 2.32. The van der Waals surface area contributed by atoms with Crippen LogP contribution in [0.5, 0.6) is 0 Å². The first-order chi connectivity index (χ1) is 12.5. The third-order valence-electron chi connectivity index (χ3n) is 4.76. The number of imidazole rings is 1. The first-order valence-corrected chi connectivity index (χ1v) is 9.45. The van der Waals surface area contributed by atoms with E-state index in [4.69, 9.17) is 0 Å². The lowest BCUT2D eigenvalue weighted by Gasteiger charge is -2.19. The summed E-state index contributed by atoms with van der Waals surface area (Å²) in [4.78, 5) is 26.9. The molecular weight excluding hydrogens is 346 g/mol. The highest BCUT2D eigenvalue weighted by atomic mass is 32.2. The number of hydrogen-bond acceptors (Lipinski definition) is 4. The van der Waals surface area contributed by atoms with E-state index in [9.17, 15) is 9.70 Å². The van der Waals surface area contributed by atoms with Crippen molar-refractivity contribution in [2.45, 2.75) is 42.5 Å². The number of benzene rings is 2. The number of nitroso groups, excluding NO2 is 1. The first-order valence-electron chi connectivity index (χ1n) is 8.63. The molecule has 132 valence electrons. The quantitative estimate of drug-likeness (QED) is 0.468. The fourth-order valence-corrected chi connectivity index (χ4v) is 4.15. The van der Waals surface area contributed by atoms with Gasteiger partial charge in [-0.05, 0) is 49.6 Å². The Kier molecular flexibility index (Phi) is 4.15. The molecule has 1 aliphatic carbocycles. The van der Waals surface area contributed by atoms with Crippen LogP contribution in [-0.4, -0.2) is 20.2 Å². The Bertz CT molecular complexity index is 1010. The Morgan fingerprint density at radius 1 is 1.19 bits per heavy atom. The van der Waals surface area contributed by atoms with Crippen molar-refractivity contribution < 1.29 is 4.79 Å². The van der Waals surface area contributed by atoms with Crippen molar-refractivity contribution in [3.8, 4) is 5.69 Å². The maximum absolute atomic E-state index is 11.8. The van der Waals surface area contributed by atoms with Crippen LogP contribution in [0.2, 0.25) is 0 Å². The molecule has 1 saturated carbocycles. The van der Waals surface area contributed by atoms with Gasteiger partial charge in [0.15, 0.2) is 5.16 Å². The van der Waals surface area contributed by atoms with Gasteiger partial charge < -0.3 is 0 Å². The standard InChI is InChI=1S/C20H19N3O2S/c1-20(2,18(24)22-25)26-19-21-11-12-23(19)17-10-9-14(13-7-8-13)15-5-3-4-6-16(15)17/h3-6,9-13H,7-8H2,1-2H3. The monoisotopic (exact) mass is 365 g/mol. The molecule has 6 heteroatoms. The summed E-state index contributed by atoms with van der Waals surface area (Å²) in [6.45, 7) is 3.38. The average molecular weight is 365 g/mol. The maximum atomic E-state index is 11.8. The van der Waals surface area contributed by atoms with E-state index >= 15 is 0 Å². The van der Waals surface area contributed by atoms with Crippen LogP contribution >= 0.6 is 11.8 Å². The Hall–Kier alpha value is -2.47. The van der Waals surface area contributed by atoms with Crippen LogP contribution in [0.3, 0.4) is 0 Å². The molecule has 2 aromatic carbocycles. The summed E-state index contributed by atoms with van der Waals surface area (Å²) in [6.07, 6.45) is 6.10. The van der Waals surface area contributed by atoms with E-state index in [-0.39, 0.29) is 0 Å². The van der Waals surface area contributed by atoms with Gasteiger partial charge in [0.25, 0.3) is 0 Å². The van der Waals surface area contributed by atoms with Crippen molar-refractivity contribution >= 4 is 28.4 Å². The number of amides is 1. The van der Waals surface area contributed by atoms with Crippen LogP contribution in [0.15, 0.2) is 59.1 Å². The lowest BCUT2D eigenvalue weighted by atomic mass is 9.99. The molecule has 0 spiro atoms. The minimum absolute atomic E-state index is 0.663. The molecule has 4 rings (SSSR count). The van der Waals surface area contributed by atoms with Gasteiger partial charge in [0.2, 0.25) is 0 Å². The van der Waals surface area contributed by atoms with Gasteiger partial charge in [0, 0.05) is 23.0 Å². The smallest absolute Gasteiger partial charge is 0.294 e. The molecule has 1 amide bonds. The lowest BCUT2D eigenvalue weighted by molar-refractivity contribution is -0.119. The summed E-state index contributed by atoms with van der Waals surface area (Å²) in [5, 5.41) is 5.67. The maximum Gasteiger partial charge on any atom is 0.302 e. The highest BCUT2D eigenvalue weighted by Crippen LogP contribution is 2.44. The van der Waals surface area contributed by atoms with Crippen molar-refractivity contribution in [1.29, 1.82) is 0 Å². The Labute approximate surface area is 155 Å². The normalized spacial score (nSPS) is 14.5. The van der Waals surface area contributed by atoms with E-state index in [1.54, 1.807) is 20.0 Å². The first kappa shape index (κ1) is 17.0. The molecule has 3 aromatic rings. The molecule has 1 aliphatic rings. The highest BCUT2D eigenvalue weighted by molar-refractivity contribution is 8.01. The van der Waals surface area contributed by atoms with Crippen LogP contribution in [0, 0.1) is 4.91 Å². The van der Waals surface area contributed by atoms with E-state index < -0.39 is 10.7 Å². The van der Waals surface area contributed by atoms with E-state index in [2.05, 4.69) is 40.5 Å². The van der Waals surface area contributed by atoms with Crippen LogP contribution in [-0.2, 0) is 4.79 Å². The second-order valence-electron chi connectivity index (χ2n) is 7.08. The lowest BCUT2D eigenvalue weighted by Crippen LogP contribution is -2.26. The largest absolute Gasteiger partial charge is 0.302 e. The fraction of sp³-hybridized carbons (Fsp3) is 0.300. The molecule has 26 heavy (non-hydrogen) atoms. The molecule has 1 fully saturated rings. The molecule has 0 bridgehead atoms. The second-order valence-corrected chi connectivity index (χ2v) is 8.67. The number of hydrogen-bond donors (Lipinski definition) is 0. The number of carbonyl (C=O) groups excluding carboxylic acids is 1. The topological polar surface area (TPSA) is 64.3 Å². The minimum Gasteiger partial charge on any atom is -0.294 e.